The molecule has 0 bridgehead atoms. The summed E-state index contributed by atoms with van der Waals surface area (Å²) in [5.74, 6) is -2.88. The molecule has 0 radical (unpaired) electrons. The quantitative estimate of drug-likeness (QED) is 0.0923. The summed E-state index contributed by atoms with van der Waals surface area (Å²) in [5.41, 5.74) is 5.13. The highest BCUT2D eigenvalue weighted by molar-refractivity contribution is 5.89. The first-order valence-electron chi connectivity index (χ1n) is 19.3. The van der Waals surface area contributed by atoms with Crippen molar-refractivity contribution in [1.82, 2.24) is 21.3 Å². The Hall–Kier alpha value is -4.72. The Morgan fingerprint density at radius 3 is 2.04 bits per heavy atom. The number of aliphatic carboxylic acids is 1. The van der Waals surface area contributed by atoms with Crippen molar-refractivity contribution >= 4 is 46.5 Å². The summed E-state index contributed by atoms with van der Waals surface area (Å²) in [6, 6.07) is 9.61. The number of esters is 2. The largest absolute Gasteiger partial charge is 0.480 e. The van der Waals surface area contributed by atoms with Crippen LogP contribution in [0.3, 0.4) is 0 Å². The van der Waals surface area contributed by atoms with Crippen molar-refractivity contribution in [3.05, 3.63) is 48.0 Å². The molecule has 0 aliphatic heterocycles. The smallest absolute Gasteiger partial charge is 0.329 e. The minimum atomic E-state index is -1.30. The van der Waals surface area contributed by atoms with Crippen LogP contribution in [0, 0.1) is 11.8 Å². The van der Waals surface area contributed by atoms with Crippen molar-refractivity contribution in [2.45, 2.75) is 135 Å². The molecule has 14 nitrogen and oxygen atoms in total. The number of rotatable bonds is 18. The van der Waals surface area contributed by atoms with Gasteiger partial charge in [0.2, 0.25) is 11.8 Å². The second-order valence-corrected chi connectivity index (χ2v) is 16.4. The van der Waals surface area contributed by atoms with Gasteiger partial charge in [0.1, 0.15) is 29.3 Å². The zero-order valence-corrected chi connectivity index (χ0v) is 33.2. The van der Waals surface area contributed by atoms with Crippen molar-refractivity contribution in [1.29, 1.82) is 0 Å². The fraction of sp³-hybridized carbons (Fsp3) is 0.610. The number of nitrogens with one attached hydrogen (secondary N) is 4. The van der Waals surface area contributed by atoms with Crippen LogP contribution in [-0.4, -0.2) is 83.3 Å². The Balaban J connectivity index is 1.56. The predicted molar refractivity (Wildman–Crippen MR) is 209 cm³/mol. The van der Waals surface area contributed by atoms with Crippen LogP contribution >= 0.6 is 0 Å². The maximum absolute atomic E-state index is 13.5. The summed E-state index contributed by atoms with van der Waals surface area (Å²) in [6.45, 7) is 10.9. The van der Waals surface area contributed by atoms with Gasteiger partial charge in [-0.25, -0.2) is 14.4 Å². The summed E-state index contributed by atoms with van der Waals surface area (Å²) in [7, 11) is 0. The van der Waals surface area contributed by atoms with E-state index in [1.54, 1.807) is 41.5 Å². The number of unbranched alkanes of at least 4 members (excludes halogenated alkanes) is 1. The molecule has 7 N–H and O–H groups in total. The van der Waals surface area contributed by atoms with Crippen LogP contribution in [0.25, 0.3) is 10.8 Å². The van der Waals surface area contributed by atoms with Gasteiger partial charge in [0.25, 0.3) is 0 Å². The summed E-state index contributed by atoms with van der Waals surface area (Å²) >= 11 is 0. The Kier molecular flexibility index (Phi) is 16.9. The average molecular weight is 768 g/mol. The highest BCUT2D eigenvalue weighted by atomic mass is 16.6. The first-order chi connectivity index (χ1) is 25.8. The molecule has 0 saturated heterocycles. The zero-order chi connectivity index (χ0) is 40.8. The molecular formula is C41H61N5O9. The molecule has 0 heterocycles. The van der Waals surface area contributed by atoms with Crippen molar-refractivity contribution in [2.24, 2.45) is 17.6 Å². The van der Waals surface area contributed by atoms with Crippen molar-refractivity contribution in [2.75, 3.05) is 13.1 Å². The molecule has 304 valence electrons. The van der Waals surface area contributed by atoms with Crippen LogP contribution in [0.5, 0.6) is 0 Å². The van der Waals surface area contributed by atoms with Gasteiger partial charge < -0.3 is 41.6 Å². The van der Waals surface area contributed by atoms with Gasteiger partial charge in [-0.15, -0.1) is 0 Å². The lowest BCUT2D eigenvalue weighted by molar-refractivity contribution is -0.158. The number of carboxylic acids is 1. The Morgan fingerprint density at radius 1 is 0.782 bits per heavy atom. The van der Waals surface area contributed by atoms with Gasteiger partial charge in [-0.3, -0.25) is 14.4 Å². The minimum absolute atomic E-state index is 0.0381. The molecule has 0 spiro atoms. The molecule has 4 amide bonds. The van der Waals surface area contributed by atoms with Crippen LogP contribution < -0.4 is 27.0 Å². The topological polar surface area (TPSA) is 215 Å². The van der Waals surface area contributed by atoms with E-state index in [9.17, 15) is 33.9 Å². The van der Waals surface area contributed by atoms with E-state index in [0.29, 0.717) is 31.7 Å². The lowest BCUT2D eigenvalue weighted by Crippen LogP contribution is -2.52. The van der Waals surface area contributed by atoms with Crippen molar-refractivity contribution in [3.63, 3.8) is 0 Å². The first kappa shape index (κ1) is 44.7. The number of carbonyl (C=O) groups is 6. The van der Waals surface area contributed by atoms with Gasteiger partial charge in [0.15, 0.2) is 0 Å². The number of hydrogen-bond donors (Lipinski definition) is 6. The van der Waals surface area contributed by atoms with Crippen LogP contribution in [-0.2, 0) is 39.9 Å². The molecule has 0 aromatic heterocycles. The third kappa shape index (κ3) is 16.3. The van der Waals surface area contributed by atoms with Gasteiger partial charge in [-0.05, 0) is 122 Å². The summed E-state index contributed by atoms with van der Waals surface area (Å²) in [5, 5.41) is 22.7. The second kappa shape index (κ2) is 20.8. The summed E-state index contributed by atoms with van der Waals surface area (Å²) in [4.78, 5) is 77.0. The van der Waals surface area contributed by atoms with Crippen molar-refractivity contribution in [3.8, 4) is 0 Å². The van der Waals surface area contributed by atoms with Gasteiger partial charge in [-0.1, -0.05) is 42.5 Å². The number of amides is 4. The van der Waals surface area contributed by atoms with Gasteiger partial charge >= 0.3 is 23.9 Å². The molecular weight excluding hydrogens is 706 g/mol. The fourth-order valence-corrected chi connectivity index (χ4v) is 6.46. The maximum atomic E-state index is 13.5. The van der Waals surface area contributed by atoms with E-state index in [-0.39, 0.29) is 43.5 Å². The highest BCUT2D eigenvalue weighted by Crippen LogP contribution is 2.28. The van der Waals surface area contributed by atoms with Gasteiger partial charge in [-0.2, -0.15) is 0 Å². The third-order valence-corrected chi connectivity index (χ3v) is 9.31. The number of urea groups is 1. The predicted octanol–water partition coefficient (Wildman–Crippen LogP) is 4.50. The first-order valence-corrected chi connectivity index (χ1v) is 19.3. The second-order valence-electron chi connectivity index (χ2n) is 16.4. The van der Waals surface area contributed by atoms with E-state index < -0.39 is 53.3 Å². The molecule has 1 aliphatic rings. The third-order valence-electron chi connectivity index (χ3n) is 9.31. The normalized spacial score (nSPS) is 17.6. The van der Waals surface area contributed by atoms with E-state index in [2.05, 4.69) is 21.3 Å². The maximum Gasteiger partial charge on any atom is 0.329 e. The Bertz CT molecular complexity index is 1630. The van der Waals surface area contributed by atoms with Crippen LogP contribution in [0.4, 0.5) is 4.79 Å². The van der Waals surface area contributed by atoms with Crippen LogP contribution in [0.2, 0.25) is 0 Å². The van der Waals surface area contributed by atoms with E-state index in [4.69, 9.17) is 15.2 Å². The van der Waals surface area contributed by atoms with Crippen molar-refractivity contribution < 1.29 is 43.3 Å². The lowest BCUT2D eigenvalue weighted by atomic mass is 9.81. The fourth-order valence-electron chi connectivity index (χ4n) is 6.46. The molecule has 3 atom stereocenters. The SMILES string of the molecule is CC(C)(C)OC(=O)CCC(NC(=O)NC(CCCCNC(=O)C(Cc1ccc2ccccc2c1)NC(=O)C1CCC(CN)CC1)C(=O)O)C(=O)OC(C)(C)C. The Labute approximate surface area is 324 Å². The molecule has 55 heavy (non-hydrogen) atoms. The molecule has 2 aromatic carbocycles. The zero-order valence-electron chi connectivity index (χ0n) is 33.2. The molecule has 2 aromatic rings. The van der Waals surface area contributed by atoms with E-state index in [1.165, 1.54) is 0 Å². The average Bonchev–Trinajstić information content (AvgIpc) is 3.10. The Morgan fingerprint density at radius 2 is 1.42 bits per heavy atom. The standard InChI is InChI=1S/C41H61N5O9/c1-40(2,3)54-34(47)21-20-32(38(52)55-41(4,5)6)46-39(53)45-31(37(50)51)13-9-10-22-43-36(49)33(44-35(48)29-18-14-26(25-42)15-19-29)24-27-16-17-28-11-7-8-12-30(28)23-27/h7-8,11-12,16-17,23,26,29,31-33H,9-10,13-15,18-22,24-25,42H2,1-6H3,(H,43,49)(H,44,48)(H,50,51)(H2,45,46,53). The molecule has 14 heteroatoms. The van der Waals surface area contributed by atoms with Gasteiger partial charge in [0.05, 0.1) is 0 Å². The van der Waals surface area contributed by atoms with Gasteiger partial charge in [0, 0.05) is 25.3 Å². The highest BCUT2D eigenvalue weighted by Gasteiger charge is 2.31. The molecule has 1 saturated carbocycles. The molecule has 3 unspecified atom stereocenters. The summed E-state index contributed by atoms with van der Waals surface area (Å²) in [6.07, 6.45) is 3.96. The number of fused-ring (bicyclic) bond motifs is 1. The lowest BCUT2D eigenvalue weighted by Gasteiger charge is -2.28. The molecule has 1 fully saturated rings. The summed E-state index contributed by atoms with van der Waals surface area (Å²) < 4.78 is 10.7. The van der Waals surface area contributed by atoms with E-state index in [0.717, 1.165) is 42.0 Å². The molecule has 3 rings (SSSR count). The monoisotopic (exact) mass is 767 g/mol. The number of hydrogen-bond acceptors (Lipinski definition) is 9. The van der Waals surface area contributed by atoms with Crippen LogP contribution in [0.1, 0.15) is 105 Å². The van der Waals surface area contributed by atoms with E-state index >= 15 is 0 Å². The number of ether oxygens (including phenoxy) is 2. The molecule has 1 aliphatic carbocycles. The van der Waals surface area contributed by atoms with Crippen LogP contribution in [0.15, 0.2) is 42.5 Å². The minimum Gasteiger partial charge on any atom is -0.480 e. The van der Waals surface area contributed by atoms with E-state index in [1.807, 2.05) is 42.5 Å². The number of carbonyl (C=O) groups excluding carboxylic acids is 5. The number of nitrogens with two attached hydrogens (primary N) is 1. The number of benzene rings is 2. The number of carboxylic acid groups (broad SMARTS) is 1.